The molecule has 0 aliphatic heterocycles. The van der Waals surface area contributed by atoms with Crippen molar-refractivity contribution in [3.63, 3.8) is 0 Å². The standard InChI is InChI=1S/C12H5ClF4N2O3/c13-6-2-7(14)8(1-5(6)4-20)19-10(21)3-9(12(15,16)17)18-11(19)22/h1-4H,(H,18,22). The molecule has 0 aliphatic carbocycles. The fraction of sp³-hybridized carbons (Fsp3) is 0.0833. The molecule has 0 radical (unpaired) electrons. The number of carbonyl (C=O) groups is 1. The van der Waals surface area contributed by atoms with Crippen molar-refractivity contribution in [3.05, 3.63) is 61.1 Å². The molecule has 1 N–H and O–H groups in total. The number of H-pyrrole nitrogens is 1. The lowest BCUT2D eigenvalue weighted by molar-refractivity contribution is -0.141. The van der Waals surface area contributed by atoms with Gasteiger partial charge in [-0.3, -0.25) is 9.59 Å². The van der Waals surface area contributed by atoms with E-state index in [1.54, 1.807) is 0 Å². The molecule has 0 saturated heterocycles. The molecule has 0 fully saturated rings. The molecule has 0 spiro atoms. The summed E-state index contributed by atoms with van der Waals surface area (Å²) < 4.78 is 51.4. The van der Waals surface area contributed by atoms with E-state index in [9.17, 15) is 31.9 Å². The highest BCUT2D eigenvalue weighted by Gasteiger charge is 2.33. The van der Waals surface area contributed by atoms with Crippen LogP contribution in [0.3, 0.4) is 0 Å². The van der Waals surface area contributed by atoms with Crippen LogP contribution >= 0.6 is 11.6 Å². The van der Waals surface area contributed by atoms with Crippen LogP contribution in [0, 0.1) is 5.82 Å². The topological polar surface area (TPSA) is 71.9 Å². The van der Waals surface area contributed by atoms with Crippen molar-refractivity contribution in [3.8, 4) is 5.69 Å². The van der Waals surface area contributed by atoms with Gasteiger partial charge in [0.2, 0.25) is 0 Å². The molecule has 2 aromatic rings. The number of hydrogen-bond acceptors (Lipinski definition) is 3. The van der Waals surface area contributed by atoms with Gasteiger partial charge in [-0.15, -0.1) is 0 Å². The summed E-state index contributed by atoms with van der Waals surface area (Å²) in [5, 5.41) is -0.271. The lowest BCUT2D eigenvalue weighted by Gasteiger charge is -2.10. The second-order valence-corrected chi connectivity index (χ2v) is 4.51. The summed E-state index contributed by atoms with van der Waals surface area (Å²) >= 11 is 5.56. The summed E-state index contributed by atoms with van der Waals surface area (Å²) in [7, 11) is 0. The Morgan fingerprint density at radius 1 is 1.18 bits per heavy atom. The average molecular weight is 337 g/mol. The van der Waals surface area contributed by atoms with E-state index in [-0.39, 0.29) is 27.5 Å². The van der Waals surface area contributed by atoms with Crippen LogP contribution in [0.15, 0.2) is 27.8 Å². The monoisotopic (exact) mass is 336 g/mol. The molecular formula is C12H5ClF4N2O3. The van der Waals surface area contributed by atoms with Crippen molar-refractivity contribution in [1.82, 2.24) is 9.55 Å². The number of halogens is 5. The average Bonchev–Trinajstić information content (AvgIpc) is 2.39. The Balaban J connectivity index is 2.77. The molecule has 0 amide bonds. The Morgan fingerprint density at radius 2 is 1.82 bits per heavy atom. The maximum atomic E-state index is 13.8. The third-order valence-electron chi connectivity index (χ3n) is 2.67. The number of alkyl halides is 3. The first-order valence-corrected chi connectivity index (χ1v) is 5.91. The summed E-state index contributed by atoms with van der Waals surface area (Å²) in [4.78, 5) is 35.5. The number of hydrogen-bond donors (Lipinski definition) is 1. The zero-order valence-corrected chi connectivity index (χ0v) is 11.1. The highest BCUT2D eigenvalue weighted by Crippen LogP contribution is 2.26. The summed E-state index contributed by atoms with van der Waals surface area (Å²) in [5.41, 5.74) is -5.40. The minimum Gasteiger partial charge on any atom is -0.303 e. The van der Waals surface area contributed by atoms with Crippen molar-refractivity contribution >= 4 is 17.9 Å². The molecule has 0 saturated carbocycles. The minimum absolute atomic E-state index is 0.107. The number of rotatable bonds is 2. The Bertz CT molecular complexity index is 839. The molecule has 1 aromatic carbocycles. The van der Waals surface area contributed by atoms with Crippen molar-refractivity contribution in [2.45, 2.75) is 6.18 Å². The SMILES string of the molecule is O=Cc1cc(-n2c(=O)cc(C(F)(F)F)[nH]c2=O)c(F)cc1Cl. The van der Waals surface area contributed by atoms with Gasteiger partial charge in [-0.1, -0.05) is 11.6 Å². The van der Waals surface area contributed by atoms with Gasteiger partial charge in [0.05, 0.1) is 10.7 Å². The maximum absolute atomic E-state index is 13.8. The van der Waals surface area contributed by atoms with Gasteiger partial charge in [0.1, 0.15) is 11.5 Å². The van der Waals surface area contributed by atoms with Gasteiger partial charge < -0.3 is 4.98 Å². The summed E-state index contributed by atoms with van der Waals surface area (Å²) in [5.74, 6) is -1.15. The smallest absolute Gasteiger partial charge is 0.303 e. The molecule has 1 heterocycles. The number of aldehydes is 1. The van der Waals surface area contributed by atoms with Crippen LogP contribution in [0.2, 0.25) is 5.02 Å². The Hall–Kier alpha value is -2.42. The fourth-order valence-corrected chi connectivity index (χ4v) is 1.89. The van der Waals surface area contributed by atoms with E-state index in [4.69, 9.17) is 11.6 Å². The molecule has 0 atom stereocenters. The van der Waals surface area contributed by atoms with E-state index in [1.807, 2.05) is 0 Å². The van der Waals surface area contributed by atoms with Crippen LogP contribution in [0.5, 0.6) is 0 Å². The maximum Gasteiger partial charge on any atom is 0.431 e. The first-order valence-electron chi connectivity index (χ1n) is 5.53. The fourth-order valence-electron chi connectivity index (χ4n) is 1.69. The van der Waals surface area contributed by atoms with E-state index < -0.39 is 34.6 Å². The third-order valence-corrected chi connectivity index (χ3v) is 3.00. The molecule has 116 valence electrons. The van der Waals surface area contributed by atoms with Crippen LogP contribution in [0.4, 0.5) is 17.6 Å². The Labute approximate surface area is 123 Å². The second kappa shape index (κ2) is 5.41. The number of carbonyl (C=O) groups excluding carboxylic acids is 1. The number of aromatic amines is 1. The number of aromatic nitrogens is 2. The van der Waals surface area contributed by atoms with E-state index in [2.05, 4.69) is 0 Å². The van der Waals surface area contributed by atoms with Crippen LogP contribution in [-0.2, 0) is 6.18 Å². The van der Waals surface area contributed by atoms with E-state index in [0.717, 1.165) is 6.07 Å². The van der Waals surface area contributed by atoms with Gasteiger partial charge in [-0.2, -0.15) is 13.2 Å². The van der Waals surface area contributed by atoms with Crippen molar-refractivity contribution in [2.75, 3.05) is 0 Å². The van der Waals surface area contributed by atoms with Gasteiger partial charge in [-0.25, -0.2) is 13.8 Å². The molecule has 22 heavy (non-hydrogen) atoms. The van der Waals surface area contributed by atoms with E-state index in [0.29, 0.717) is 6.07 Å². The summed E-state index contributed by atoms with van der Waals surface area (Å²) in [6.07, 6.45) is -4.70. The number of nitrogens with one attached hydrogen (secondary N) is 1. The van der Waals surface area contributed by atoms with E-state index in [1.165, 1.54) is 4.98 Å². The van der Waals surface area contributed by atoms with Crippen LogP contribution < -0.4 is 11.2 Å². The highest BCUT2D eigenvalue weighted by atomic mass is 35.5. The molecule has 5 nitrogen and oxygen atoms in total. The first kappa shape index (κ1) is 16.0. The summed E-state index contributed by atoms with van der Waals surface area (Å²) in [6.45, 7) is 0. The predicted octanol–water partition coefficient (Wildman–Crippen LogP) is 2.15. The lowest BCUT2D eigenvalue weighted by Crippen LogP contribution is -2.36. The molecule has 0 aliphatic rings. The van der Waals surface area contributed by atoms with Gasteiger partial charge in [0.15, 0.2) is 6.29 Å². The Morgan fingerprint density at radius 3 is 2.32 bits per heavy atom. The molecule has 0 bridgehead atoms. The van der Waals surface area contributed by atoms with Crippen LogP contribution in [-0.4, -0.2) is 15.8 Å². The summed E-state index contributed by atoms with van der Waals surface area (Å²) in [6, 6.07) is 1.56. The van der Waals surface area contributed by atoms with Crippen molar-refractivity contribution in [2.24, 2.45) is 0 Å². The third kappa shape index (κ3) is 2.80. The van der Waals surface area contributed by atoms with Gasteiger partial charge in [-0.05, 0) is 12.1 Å². The van der Waals surface area contributed by atoms with E-state index >= 15 is 0 Å². The quantitative estimate of drug-likeness (QED) is 0.674. The molecule has 10 heteroatoms. The second-order valence-electron chi connectivity index (χ2n) is 4.10. The predicted molar refractivity (Wildman–Crippen MR) is 68.0 cm³/mol. The Kier molecular flexibility index (Phi) is 3.92. The zero-order valence-electron chi connectivity index (χ0n) is 10.4. The van der Waals surface area contributed by atoms with Gasteiger partial charge in [0, 0.05) is 11.6 Å². The molecule has 2 rings (SSSR count). The van der Waals surface area contributed by atoms with Gasteiger partial charge in [0.25, 0.3) is 5.56 Å². The first-order chi connectivity index (χ1) is 10.1. The van der Waals surface area contributed by atoms with Gasteiger partial charge >= 0.3 is 11.9 Å². The number of benzene rings is 1. The van der Waals surface area contributed by atoms with Crippen molar-refractivity contribution in [1.29, 1.82) is 0 Å². The normalized spacial score (nSPS) is 11.5. The van der Waals surface area contributed by atoms with Crippen LogP contribution in [0.25, 0.3) is 5.69 Å². The molecule has 1 aromatic heterocycles. The van der Waals surface area contributed by atoms with Crippen LogP contribution in [0.1, 0.15) is 16.1 Å². The largest absolute Gasteiger partial charge is 0.431 e. The minimum atomic E-state index is -4.94. The lowest BCUT2D eigenvalue weighted by atomic mass is 10.2. The zero-order chi connectivity index (χ0) is 16.7. The molecule has 0 unspecified atom stereocenters. The molecular weight excluding hydrogens is 332 g/mol. The van der Waals surface area contributed by atoms with Crippen molar-refractivity contribution < 1.29 is 22.4 Å². The highest BCUT2D eigenvalue weighted by molar-refractivity contribution is 6.33. The number of nitrogens with zero attached hydrogens (tertiary/aromatic N) is 1.